The van der Waals surface area contributed by atoms with E-state index in [4.69, 9.17) is 14.2 Å². The Bertz CT molecular complexity index is 1440. The molecule has 7 nitrogen and oxygen atoms in total. The topological polar surface area (TPSA) is 59.9 Å². The molecule has 0 radical (unpaired) electrons. The normalized spacial score (nSPS) is 16.9. The minimum Gasteiger partial charge on any atom is -0.489 e. The fourth-order valence-electron chi connectivity index (χ4n) is 5.95. The molecule has 3 heterocycles. The zero-order valence-electron chi connectivity index (χ0n) is 25.3. The van der Waals surface area contributed by atoms with E-state index in [2.05, 4.69) is 27.4 Å². The van der Waals surface area contributed by atoms with Crippen LogP contribution in [-0.4, -0.2) is 87.2 Å². The van der Waals surface area contributed by atoms with Crippen molar-refractivity contribution in [2.75, 3.05) is 70.1 Å². The smallest absolute Gasteiger partial charge is 0.406 e. The molecule has 2 fully saturated rings. The number of alkyl halides is 3. The van der Waals surface area contributed by atoms with Crippen molar-refractivity contribution in [3.05, 3.63) is 48.2 Å². The maximum absolute atomic E-state index is 13.7. The van der Waals surface area contributed by atoms with Crippen LogP contribution in [0.5, 0.6) is 5.75 Å². The van der Waals surface area contributed by atoms with Crippen molar-refractivity contribution in [1.82, 2.24) is 9.47 Å². The van der Waals surface area contributed by atoms with Crippen molar-refractivity contribution in [2.45, 2.75) is 55.4 Å². The van der Waals surface area contributed by atoms with Gasteiger partial charge in [-0.3, -0.25) is 0 Å². The molecule has 44 heavy (non-hydrogen) atoms. The number of thioether (sulfide) groups is 1. The largest absolute Gasteiger partial charge is 0.489 e. The molecule has 0 amide bonds. The van der Waals surface area contributed by atoms with Crippen LogP contribution in [0.1, 0.15) is 31.4 Å². The zero-order valence-corrected chi connectivity index (χ0v) is 26.2. The number of rotatable bonds is 11. The second-order valence-corrected chi connectivity index (χ2v) is 12.0. The fraction of sp³-hybridized carbons (Fsp3) is 0.515. The molecular weight excluding hydrogens is 589 g/mol. The number of fused-ring (bicyclic) bond motifs is 1. The van der Waals surface area contributed by atoms with Gasteiger partial charge >= 0.3 is 6.18 Å². The fourth-order valence-corrected chi connectivity index (χ4v) is 6.38. The average molecular weight is 631 g/mol. The molecular formula is C33H41F3N4O3S. The van der Waals surface area contributed by atoms with Crippen LogP contribution in [0.25, 0.3) is 10.9 Å². The van der Waals surface area contributed by atoms with Crippen molar-refractivity contribution in [3.63, 3.8) is 0 Å². The molecule has 0 saturated carbocycles. The number of hydrogen-bond donors (Lipinski definition) is 2. The Labute approximate surface area is 261 Å². The predicted octanol–water partition coefficient (Wildman–Crippen LogP) is 6.47. The monoisotopic (exact) mass is 630 g/mol. The number of anilines is 2. The van der Waals surface area contributed by atoms with Gasteiger partial charge in [-0.2, -0.15) is 13.2 Å². The average Bonchev–Trinajstić information content (AvgIpc) is 3.37. The van der Waals surface area contributed by atoms with E-state index in [9.17, 15) is 13.2 Å². The Hall–Kier alpha value is -3.04. The number of nitrogens with one attached hydrogen (secondary N) is 2. The highest BCUT2D eigenvalue weighted by atomic mass is 32.2. The Balaban J connectivity index is 1.31. The summed E-state index contributed by atoms with van der Waals surface area (Å²) < 4.78 is 58.8. The Kier molecular flexibility index (Phi) is 11.3. The highest BCUT2D eigenvalue weighted by Gasteiger charge is 2.30. The molecule has 238 valence electrons. The lowest BCUT2D eigenvalue weighted by atomic mass is 9.99. The molecule has 0 atom stereocenters. The van der Waals surface area contributed by atoms with E-state index in [1.54, 1.807) is 31.0 Å². The summed E-state index contributed by atoms with van der Waals surface area (Å²) in [5, 5.41) is 7.65. The molecule has 2 N–H and O–H groups in total. The SMILES string of the molecule is COCCOc1cc(SC)ccc1NCC#Cc1cc2c(NC3CCN(C4CCOCC4)CC3)cccc2n1CC(F)(F)F. The number of nitrogens with zero attached hydrogens (tertiary/aromatic N) is 2. The first-order chi connectivity index (χ1) is 21.3. The van der Waals surface area contributed by atoms with Gasteiger partial charge in [-0.05, 0) is 74.3 Å². The van der Waals surface area contributed by atoms with E-state index in [0.717, 1.165) is 73.6 Å². The highest BCUT2D eigenvalue weighted by molar-refractivity contribution is 7.98. The van der Waals surface area contributed by atoms with Gasteiger partial charge < -0.3 is 34.3 Å². The number of hydrogen-bond acceptors (Lipinski definition) is 7. The third kappa shape index (κ3) is 8.57. The zero-order chi connectivity index (χ0) is 30.9. The second-order valence-electron chi connectivity index (χ2n) is 11.1. The van der Waals surface area contributed by atoms with Gasteiger partial charge in [0.05, 0.1) is 30.0 Å². The van der Waals surface area contributed by atoms with E-state index in [0.29, 0.717) is 36.2 Å². The summed E-state index contributed by atoms with van der Waals surface area (Å²) >= 11 is 1.61. The third-order valence-corrected chi connectivity index (χ3v) is 8.92. The van der Waals surface area contributed by atoms with Crippen LogP contribution in [0.2, 0.25) is 0 Å². The van der Waals surface area contributed by atoms with Crippen LogP contribution in [0.15, 0.2) is 47.4 Å². The van der Waals surface area contributed by atoms with Crippen molar-refractivity contribution in [3.8, 4) is 17.6 Å². The number of piperidine rings is 1. The molecule has 0 aliphatic carbocycles. The quantitative estimate of drug-likeness (QED) is 0.143. The summed E-state index contributed by atoms with van der Waals surface area (Å²) in [6.07, 6.45) is 1.75. The minimum absolute atomic E-state index is 0.240. The van der Waals surface area contributed by atoms with Gasteiger partial charge in [-0.25, -0.2) is 0 Å². The summed E-state index contributed by atoms with van der Waals surface area (Å²) in [5.74, 6) is 6.71. The Morgan fingerprint density at radius 3 is 2.55 bits per heavy atom. The molecule has 0 unspecified atom stereocenters. The first-order valence-corrected chi connectivity index (χ1v) is 16.4. The van der Waals surface area contributed by atoms with Gasteiger partial charge in [0.15, 0.2) is 0 Å². The first kappa shape index (κ1) is 32.4. The standard InChI is InChI=1S/C33H41F3N4O3S/c1-41-19-20-43-32-22-27(44-2)8-9-30(32)37-14-4-5-26-21-28-29(6-3-7-31(28)40(26)23-33(34,35)36)38-24-10-15-39(16-11-24)25-12-17-42-18-13-25/h3,6-9,21-22,24-25,37-38H,10-20,23H2,1-2H3. The van der Waals surface area contributed by atoms with E-state index >= 15 is 0 Å². The van der Waals surface area contributed by atoms with E-state index in [1.165, 1.54) is 4.57 Å². The van der Waals surface area contributed by atoms with Gasteiger partial charge in [0.25, 0.3) is 0 Å². The molecule has 3 aromatic rings. The Morgan fingerprint density at radius 1 is 1.02 bits per heavy atom. The summed E-state index contributed by atoms with van der Waals surface area (Å²) in [6.45, 7) is 3.68. The second kappa shape index (κ2) is 15.3. The lowest BCUT2D eigenvalue weighted by Crippen LogP contribution is -2.46. The number of halogens is 3. The lowest BCUT2D eigenvalue weighted by molar-refractivity contribution is -0.140. The van der Waals surface area contributed by atoms with Gasteiger partial charge in [-0.15, -0.1) is 11.8 Å². The van der Waals surface area contributed by atoms with Gasteiger partial charge in [0.2, 0.25) is 0 Å². The van der Waals surface area contributed by atoms with Gasteiger partial charge in [0, 0.05) is 61.5 Å². The van der Waals surface area contributed by atoms with E-state index in [1.807, 2.05) is 36.6 Å². The van der Waals surface area contributed by atoms with E-state index in [-0.39, 0.29) is 12.6 Å². The lowest BCUT2D eigenvalue weighted by Gasteiger charge is -2.39. The summed E-state index contributed by atoms with van der Waals surface area (Å²) in [5.41, 5.74) is 2.46. The van der Waals surface area contributed by atoms with Crippen LogP contribution in [0.4, 0.5) is 24.5 Å². The number of benzene rings is 2. The highest BCUT2D eigenvalue weighted by Crippen LogP contribution is 2.32. The number of ether oxygens (including phenoxy) is 3. The molecule has 2 aliphatic heterocycles. The van der Waals surface area contributed by atoms with Crippen molar-refractivity contribution >= 4 is 34.0 Å². The maximum atomic E-state index is 13.7. The predicted molar refractivity (Wildman–Crippen MR) is 171 cm³/mol. The van der Waals surface area contributed by atoms with Gasteiger partial charge in [-0.1, -0.05) is 12.0 Å². The molecule has 2 saturated heterocycles. The Morgan fingerprint density at radius 2 is 1.82 bits per heavy atom. The molecule has 1 aromatic heterocycles. The van der Waals surface area contributed by atoms with Crippen LogP contribution in [-0.2, 0) is 16.0 Å². The van der Waals surface area contributed by atoms with Crippen LogP contribution >= 0.6 is 11.8 Å². The van der Waals surface area contributed by atoms with Crippen molar-refractivity contribution < 1.29 is 27.4 Å². The van der Waals surface area contributed by atoms with Crippen LogP contribution in [0, 0.1) is 11.8 Å². The molecule has 5 rings (SSSR count). The molecule has 11 heteroatoms. The molecule has 0 spiro atoms. The third-order valence-electron chi connectivity index (χ3n) is 8.20. The van der Waals surface area contributed by atoms with Crippen LogP contribution in [0.3, 0.4) is 0 Å². The van der Waals surface area contributed by atoms with E-state index < -0.39 is 12.7 Å². The summed E-state index contributed by atoms with van der Waals surface area (Å²) in [6, 6.07) is 14.0. The number of aromatic nitrogens is 1. The summed E-state index contributed by atoms with van der Waals surface area (Å²) in [7, 11) is 1.62. The number of likely N-dealkylation sites (tertiary alicyclic amines) is 1. The minimum atomic E-state index is -4.38. The first-order valence-electron chi connectivity index (χ1n) is 15.1. The molecule has 2 aromatic carbocycles. The van der Waals surface area contributed by atoms with Gasteiger partial charge in [0.1, 0.15) is 18.9 Å². The summed E-state index contributed by atoms with van der Waals surface area (Å²) in [4.78, 5) is 3.62. The van der Waals surface area contributed by atoms with Crippen LogP contribution < -0.4 is 15.4 Å². The van der Waals surface area contributed by atoms with Crippen molar-refractivity contribution in [1.29, 1.82) is 0 Å². The molecule has 0 bridgehead atoms. The van der Waals surface area contributed by atoms with Crippen molar-refractivity contribution in [2.24, 2.45) is 0 Å². The molecule has 2 aliphatic rings. The maximum Gasteiger partial charge on any atom is 0.406 e. The number of methoxy groups -OCH3 is 1.